The van der Waals surface area contributed by atoms with Crippen LogP contribution in [-0.2, 0) is 4.79 Å². The summed E-state index contributed by atoms with van der Waals surface area (Å²) in [4.78, 5) is 16.4. The molecule has 0 bridgehead atoms. The van der Waals surface area contributed by atoms with E-state index >= 15 is 0 Å². The van der Waals surface area contributed by atoms with Crippen molar-refractivity contribution < 1.29 is 14.3 Å². The average Bonchev–Trinajstić information content (AvgIpc) is 3.11. The molecule has 0 radical (unpaired) electrons. The highest BCUT2D eigenvalue weighted by Gasteiger charge is 2.23. The zero-order valence-electron chi connectivity index (χ0n) is 13.9. The Hall–Kier alpha value is -2.76. The van der Waals surface area contributed by atoms with Crippen molar-refractivity contribution in [2.45, 2.75) is 0 Å². The lowest BCUT2D eigenvalue weighted by atomic mass is 10.2. The van der Waals surface area contributed by atoms with Crippen LogP contribution in [-0.4, -0.2) is 61.8 Å². The molecule has 1 saturated heterocycles. The summed E-state index contributed by atoms with van der Waals surface area (Å²) in [6, 6.07) is 7.33. The second-order valence-electron chi connectivity index (χ2n) is 5.80. The van der Waals surface area contributed by atoms with E-state index in [0.29, 0.717) is 31.1 Å². The van der Waals surface area contributed by atoms with Crippen LogP contribution in [0.15, 0.2) is 30.0 Å². The first-order chi connectivity index (χ1) is 12.2. The third-order valence-corrected chi connectivity index (χ3v) is 4.21. The number of nitrogens with two attached hydrogens (primary N) is 1. The fraction of sp³-hybridized carbons (Fsp3) is 0.412. The van der Waals surface area contributed by atoms with Gasteiger partial charge in [0.15, 0.2) is 11.5 Å². The Balaban J connectivity index is 1.61. The van der Waals surface area contributed by atoms with E-state index in [1.807, 2.05) is 6.07 Å². The van der Waals surface area contributed by atoms with Crippen molar-refractivity contribution in [1.82, 2.24) is 9.80 Å². The molecule has 0 aromatic heterocycles. The molecule has 3 rings (SSSR count). The van der Waals surface area contributed by atoms with Crippen molar-refractivity contribution in [2.75, 3.05) is 51.4 Å². The first-order valence-corrected chi connectivity index (χ1v) is 8.19. The van der Waals surface area contributed by atoms with E-state index < -0.39 is 0 Å². The number of hydrogen-bond donors (Lipinski definition) is 2. The van der Waals surface area contributed by atoms with E-state index in [1.165, 1.54) is 6.20 Å². The van der Waals surface area contributed by atoms with Crippen molar-refractivity contribution in [3.05, 3.63) is 30.0 Å². The number of nitrogens with zero attached hydrogens (tertiary/aromatic N) is 3. The minimum Gasteiger partial charge on any atom is -0.454 e. The lowest BCUT2D eigenvalue weighted by molar-refractivity contribution is -0.128. The van der Waals surface area contributed by atoms with Crippen LogP contribution in [0.5, 0.6) is 11.5 Å². The molecule has 0 aliphatic carbocycles. The Morgan fingerprint density at radius 2 is 2.04 bits per heavy atom. The summed E-state index contributed by atoms with van der Waals surface area (Å²) in [6.07, 6.45) is 1.44. The van der Waals surface area contributed by atoms with Gasteiger partial charge in [-0.15, -0.1) is 0 Å². The smallest absolute Gasteiger partial charge is 0.266 e. The number of carbonyl (C=O) groups excluding carboxylic acids is 1. The molecular formula is C17H21N5O3. The predicted molar refractivity (Wildman–Crippen MR) is 92.0 cm³/mol. The summed E-state index contributed by atoms with van der Waals surface area (Å²) in [7, 11) is 0. The first-order valence-electron chi connectivity index (χ1n) is 8.19. The molecule has 1 aromatic carbocycles. The molecule has 1 fully saturated rings. The molecule has 0 spiro atoms. The summed E-state index contributed by atoms with van der Waals surface area (Å²) in [5, 5.41) is 12.3. The van der Waals surface area contributed by atoms with Gasteiger partial charge < -0.3 is 25.4 Å². The van der Waals surface area contributed by atoms with Gasteiger partial charge in [-0.1, -0.05) is 0 Å². The van der Waals surface area contributed by atoms with Crippen LogP contribution in [0.1, 0.15) is 0 Å². The fourth-order valence-electron chi connectivity index (χ4n) is 2.81. The Morgan fingerprint density at radius 3 is 2.76 bits per heavy atom. The standard InChI is InChI=1S/C17H21N5O3/c18-3-4-21-5-7-22(8-6-21)17(23)13(10-19)11-20-14-1-2-15-16(9-14)25-12-24-15/h1-2,9,11,20H,3-8,12,18H2/b13-11-. The Labute approximate surface area is 146 Å². The number of piperazine rings is 1. The Morgan fingerprint density at radius 1 is 1.28 bits per heavy atom. The van der Waals surface area contributed by atoms with Crippen LogP contribution in [0.25, 0.3) is 0 Å². The first kappa shape index (κ1) is 17.1. The highest BCUT2D eigenvalue weighted by molar-refractivity contribution is 5.97. The molecule has 25 heavy (non-hydrogen) atoms. The molecule has 3 N–H and O–H groups in total. The van der Waals surface area contributed by atoms with Gasteiger partial charge in [-0.2, -0.15) is 5.26 Å². The van der Waals surface area contributed by atoms with Gasteiger partial charge >= 0.3 is 0 Å². The van der Waals surface area contributed by atoms with Crippen molar-refractivity contribution in [3.63, 3.8) is 0 Å². The summed E-state index contributed by atoms with van der Waals surface area (Å²) < 4.78 is 10.6. The maximum Gasteiger partial charge on any atom is 0.266 e. The second kappa shape index (κ2) is 7.88. The van der Waals surface area contributed by atoms with E-state index in [2.05, 4.69) is 10.2 Å². The number of nitriles is 1. The molecular weight excluding hydrogens is 322 g/mol. The van der Waals surface area contributed by atoms with Gasteiger partial charge in [0.25, 0.3) is 5.91 Å². The summed E-state index contributed by atoms with van der Waals surface area (Å²) in [6.45, 7) is 4.39. The number of ether oxygens (including phenoxy) is 2. The van der Waals surface area contributed by atoms with Crippen LogP contribution >= 0.6 is 0 Å². The van der Waals surface area contributed by atoms with Crippen LogP contribution < -0.4 is 20.5 Å². The van der Waals surface area contributed by atoms with E-state index in [9.17, 15) is 10.1 Å². The van der Waals surface area contributed by atoms with E-state index in [4.69, 9.17) is 15.2 Å². The summed E-state index contributed by atoms with van der Waals surface area (Å²) in [5.41, 5.74) is 6.35. The minimum absolute atomic E-state index is 0.0740. The monoisotopic (exact) mass is 343 g/mol. The number of anilines is 1. The fourth-order valence-corrected chi connectivity index (χ4v) is 2.81. The third-order valence-electron chi connectivity index (χ3n) is 4.21. The Kier molecular flexibility index (Phi) is 5.38. The molecule has 0 atom stereocenters. The van der Waals surface area contributed by atoms with Crippen molar-refractivity contribution in [1.29, 1.82) is 5.26 Å². The van der Waals surface area contributed by atoms with Crippen molar-refractivity contribution in [3.8, 4) is 17.6 Å². The van der Waals surface area contributed by atoms with Gasteiger partial charge in [0.05, 0.1) is 0 Å². The second-order valence-corrected chi connectivity index (χ2v) is 5.80. The number of benzene rings is 1. The van der Waals surface area contributed by atoms with Crippen LogP contribution in [0.2, 0.25) is 0 Å². The molecule has 8 nitrogen and oxygen atoms in total. The Bertz CT molecular complexity index is 705. The molecule has 2 heterocycles. The minimum atomic E-state index is -0.261. The average molecular weight is 343 g/mol. The molecule has 0 unspecified atom stereocenters. The lowest BCUT2D eigenvalue weighted by Gasteiger charge is -2.34. The van der Waals surface area contributed by atoms with Gasteiger partial charge in [-0.25, -0.2) is 0 Å². The summed E-state index contributed by atoms with van der Waals surface area (Å²) in [5.74, 6) is 1.06. The molecule has 2 aliphatic rings. The van der Waals surface area contributed by atoms with E-state index in [0.717, 1.165) is 25.3 Å². The zero-order valence-corrected chi connectivity index (χ0v) is 13.9. The number of fused-ring (bicyclic) bond motifs is 1. The molecule has 1 aromatic rings. The topological polar surface area (TPSA) is 104 Å². The number of amides is 1. The van der Waals surface area contributed by atoms with Gasteiger partial charge in [0, 0.05) is 57.2 Å². The van der Waals surface area contributed by atoms with Crippen LogP contribution in [0.3, 0.4) is 0 Å². The zero-order chi connectivity index (χ0) is 17.6. The highest BCUT2D eigenvalue weighted by Crippen LogP contribution is 2.34. The number of nitrogens with one attached hydrogen (secondary N) is 1. The third kappa shape index (κ3) is 4.02. The molecule has 2 aliphatic heterocycles. The predicted octanol–water partition coefficient (Wildman–Crippen LogP) is 0.338. The highest BCUT2D eigenvalue weighted by atomic mass is 16.7. The molecule has 8 heteroatoms. The maximum atomic E-state index is 12.5. The number of carbonyl (C=O) groups is 1. The van der Waals surface area contributed by atoms with Crippen molar-refractivity contribution in [2.24, 2.45) is 5.73 Å². The maximum absolute atomic E-state index is 12.5. The van der Waals surface area contributed by atoms with E-state index in [-0.39, 0.29) is 18.3 Å². The van der Waals surface area contributed by atoms with Crippen LogP contribution in [0.4, 0.5) is 5.69 Å². The van der Waals surface area contributed by atoms with Gasteiger partial charge in [0.1, 0.15) is 11.6 Å². The number of rotatable bonds is 5. The van der Waals surface area contributed by atoms with Crippen molar-refractivity contribution >= 4 is 11.6 Å². The van der Waals surface area contributed by atoms with Gasteiger partial charge in [-0.3, -0.25) is 9.69 Å². The number of hydrogen-bond acceptors (Lipinski definition) is 7. The molecule has 0 saturated carbocycles. The van der Waals surface area contributed by atoms with Crippen LogP contribution in [0, 0.1) is 11.3 Å². The summed E-state index contributed by atoms with van der Waals surface area (Å²) >= 11 is 0. The van der Waals surface area contributed by atoms with E-state index in [1.54, 1.807) is 23.1 Å². The lowest BCUT2D eigenvalue weighted by Crippen LogP contribution is -2.50. The normalized spacial score (nSPS) is 17.3. The van der Waals surface area contributed by atoms with Gasteiger partial charge in [-0.05, 0) is 12.1 Å². The molecule has 132 valence electrons. The SMILES string of the molecule is N#C/C(=C/Nc1ccc2c(c1)OCO2)C(=O)N1CCN(CCN)CC1. The van der Waals surface area contributed by atoms with Gasteiger partial charge in [0.2, 0.25) is 6.79 Å². The largest absolute Gasteiger partial charge is 0.454 e. The molecule has 1 amide bonds. The quantitative estimate of drug-likeness (QED) is 0.587.